The first-order valence-electron chi connectivity index (χ1n) is 9.45. The van der Waals surface area contributed by atoms with Gasteiger partial charge in [-0.3, -0.25) is 9.59 Å². The molecule has 1 saturated heterocycles. The Balaban J connectivity index is 1.99. The molecule has 0 aromatic heterocycles. The predicted octanol–water partition coefficient (Wildman–Crippen LogP) is 1.93. The zero-order valence-electron chi connectivity index (χ0n) is 16.7. The fraction of sp³-hybridized carbons (Fsp3) is 0.500. The number of rotatable bonds is 3. The lowest BCUT2D eigenvalue weighted by atomic mass is 10.0. The van der Waals surface area contributed by atoms with Crippen LogP contribution in [0, 0.1) is 0 Å². The van der Waals surface area contributed by atoms with Crippen molar-refractivity contribution in [1.29, 1.82) is 0 Å². The third kappa shape index (κ3) is 3.65. The van der Waals surface area contributed by atoms with E-state index in [2.05, 4.69) is 5.32 Å². The van der Waals surface area contributed by atoms with Crippen molar-refractivity contribution in [1.82, 2.24) is 14.5 Å². The minimum Gasteiger partial charge on any atom is -0.377 e. The Morgan fingerprint density at radius 2 is 1.68 bits per heavy atom. The van der Waals surface area contributed by atoms with Crippen molar-refractivity contribution in [3.05, 3.63) is 41.6 Å². The maximum absolute atomic E-state index is 13.3. The molecule has 3 rings (SSSR count). The second kappa shape index (κ2) is 7.24. The van der Waals surface area contributed by atoms with Crippen LogP contribution in [-0.4, -0.2) is 54.1 Å². The number of hydrogen-bond acceptors (Lipinski definition) is 5. The second-order valence-corrected chi connectivity index (χ2v) is 9.96. The SMILES string of the molecule is CC(=O)N1CCC(NC2=C(c3ccccc3)S(=O)(=O)N(C(C)(C)C)C2=O)CC1. The summed E-state index contributed by atoms with van der Waals surface area (Å²) in [5, 5.41) is 3.20. The molecule has 152 valence electrons. The number of likely N-dealkylation sites (tertiary alicyclic amines) is 1. The molecular weight excluding hydrogens is 378 g/mol. The van der Waals surface area contributed by atoms with Gasteiger partial charge < -0.3 is 10.2 Å². The molecule has 28 heavy (non-hydrogen) atoms. The molecule has 7 nitrogen and oxygen atoms in total. The molecule has 8 heteroatoms. The van der Waals surface area contributed by atoms with Gasteiger partial charge in [0.05, 0.1) is 5.54 Å². The molecule has 1 fully saturated rings. The molecule has 0 aliphatic carbocycles. The van der Waals surface area contributed by atoms with E-state index in [-0.39, 0.29) is 22.6 Å². The van der Waals surface area contributed by atoms with Crippen LogP contribution < -0.4 is 5.32 Å². The zero-order valence-corrected chi connectivity index (χ0v) is 17.5. The smallest absolute Gasteiger partial charge is 0.285 e. The first-order chi connectivity index (χ1) is 13.0. The van der Waals surface area contributed by atoms with Crippen LogP contribution >= 0.6 is 0 Å². The van der Waals surface area contributed by atoms with Crippen LogP contribution in [-0.2, 0) is 19.6 Å². The van der Waals surface area contributed by atoms with Crippen molar-refractivity contribution in [2.75, 3.05) is 13.1 Å². The van der Waals surface area contributed by atoms with Crippen molar-refractivity contribution < 1.29 is 18.0 Å². The summed E-state index contributed by atoms with van der Waals surface area (Å²) in [6.45, 7) is 7.84. The topological polar surface area (TPSA) is 86.8 Å². The standard InChI is InChI=1S/C20H27N3O4S/c1-14(24)22-12-10-16(11-13-22)21-17-18(15-8-6-5-7-9-15)28(26,27)23(19(17)25)20(2,3)4/h5-9,16,21H,10-13H2,1-4H3. The number of sulfonamides is 1. The molecular formula is C20H27N3O4S. The van der Waals surface area contributed by atoms with Crippen molar-refractivity contribution in [2.45, 2.75) is 52.1 Å². The highest BCUT2D eigenvalue weighted by molar-refractivity contribution is 7.99. The monoisotopic (exact) mass is 405 g/mol. The molecule has 2 amide bonds. The fourth-order valence-electron chi connectivity index (χ4n) is 3.75. The fourth-order valence-corrected chi connectivity index (χ4v) is 5.80. The van der Waals surface area contributed by atoms with E-state index in [1.807, 2.05) is 0 Å². The number of hydrogen-bond donors (Lipinski definition) is 1. The van der Waals surface area contributed by atoms with Crippen LogP contribution in [0.15, 0.2) is 36.0 Å². The van der Waals surface area contributed by atoms with Crippen LogP contribution in [0.1, 0.15) is 46.1 Å². The summed E-state index contributed by atoms with van der Waals surface area (Å²) >= 11 is 0. The van der Waals surface area contributed by atoms with E-state index in [9.17, 15) is 18.0 Å². The van der Waals surface area contributed by atoms with E-state index < -0.39 is 21.5 Å². The van der Waals surface area contributed by atoms with Gasteiger partial charge in [-0.1, -0.05) is 30.3 Å². The third-order valence-electron chi connectivity index (χ3n) is 5.06. The normalized spacial score (nSPS) is 20.6. The van der Waals surface area contributed by atoms with Crippen molar-refractivity contribution in [2.24, 2.45) is 0 Å². The predicted molar refractivity (Wildman–Crippen MR) is 107 cm³/mol. The Hall–Kier alpha value is -2.35. The summed E-state index contributed by atoms with van der Waals surface area (Å²) in [5.41, 5.74) is -0.258. The van der Waals surface area contributed by atoms with Gasteiger partial charge in [-0.15, -0.1) is 0 Å². The van der Waals surface area contributed by atoms with Gasteiger partial charge in [-0.25, -0.2) is 12.7 Å². The molecule has 1 aromatic carbocycles. The molecule has 0 bridgehead atoms. The minimum atomic E-state index is -3.98. The van der Waals surface area contributed by atoms with Gasteiger partial charge in [0.15, 0.2) is 0 Å². The van der Waals surface area contributed by atoms with Gasteiger partial charge >= 0.3 is 0 Å². The highest BCUT2D eigenvalue weighted by atomic mass is 32.2. The number of piperidine rings is 1. The van der Waals surface area contributed by atoms with E-state index >= 15 is 0 Å². The Morgan fingerprint density at radius 3 is 2.18 bits per heavy atom. The average Bonchev–Trinajstić information content (AvgIpc) is 2.81. The van der Waals surface area contributed by atoms with Crippen molar-refractivity contribution >= 4 is 26.7 Å². The molecule has 0 spiro atoms. The van der Waals surface area contributed by atoms with Crippen LogP contribution in [0.3, 0.4) is 0 Å². The van der Waals surface area contributed by atoms with E-state index in [1.54, 1.807) is 56.0 Å². The van der Waals surface area contributed by atoms with E-state index in [0.29, 0.717) is 31.5 Å². The summed E-state index contributed by atoms with van der Waals surface area (Å²) in [6.07, 6.45) is 1.32. The van der Waals surface area contributed by atoms with Gasteiger partial charge in [0.2, 0.25) is 5.91 Å². The molecule has 0 radical (unpaired) electrons. The molecule has 2 aliphatic heterocycles. The first-order valence-corrected chi connectivity index (χ1v) is 10.9. The van der Waals surface area contributed by atoms with E-state index in [4.69, 9.17) is 0 Å². The Bertz CT molecular complexity index is 909. The number of benzene rings is 1. The van der Waals surface area contributed by atoms with Crippen LogP contribution in [0.2, 0.25) is 0 Å². The summed E-state index contributed by atoms with van der Waals surface area (Å²) in [6, 6.07) is 8.65. The first kappa shape index (κ1) is 20.4. The third-order valence-corrected chi connectivity index (χ3v) is 7.21. The number of carbonyl (C=O) groups excluding carboxylic acids is 2. The Morgan fingerprint density at radius 1 is 1.11 bits per heavy atom. The second-order valence-electron chi connectivity index (χ2n) is 8.24. The number of amides is 2. The number of carbonyl (C=O) groups is 2. The highest BCUT2D eigenvalue weighted by Crippen LogP contribution is 2.39. The maximum Gasteiger partial charge on any atom is 0.285 e. The van der Waals surface area contributed by atoms with Crippen LogP contribution in [0.25, 0.3) is 4.91 Å². The largest absolute Gasteiger partial charge is 0.377 e. The van der Waals surface area contributed by atoms with Crippen molar-refractivity contribution in [3.8, 4) is 0 Å². The van der Waals surface area contributed by atoms with Gasteiger partial charge in [0, 0.05) is 26.1 Å². The summed E-state index contributed by atoms with van der Waals surface area (Å²) in [5.74, 6) is -0.499. The van der Waals surface area contributed by atoms with Crippen LogP contribution in [0.4, 0.5) is 0 Å². The van der Waals surface area contributed by atoms with Gasteiger partial charge in [0.1, 0.15) is 10.6 Å². The molecule has 0 saturated carbocycles. The summed E-state index contributed by atoms with van der Waals surface area (Å²) in [4.78, 5) is 26.5. The lowest BCUT2D eigenvalue weighted by Crippen LogP contribution is -2.48. The quantitative estimate of drug-likeness (QED) is 0.830. The van der Waals surface area contributed by atoms with E-state index in [1.165, 1.54) is 6.92 Å². The van der Waals surface area contributed by atoms with Crippen molar-refractivity contribution in [3.63, 3.8) is 0 Å². The summed E-state index contributed by atoms with van der Waals surface area (Å²) < 4.78 is 27.6. The maximum atomic E-state index is 13.3. The lowest BCUT2D eigenvalue weighted by Gasteiger charge is -2.33. The summed E-state index contributed by atoms with van der Waals surface area (Å²) in [7, 11) is -3.98. The number of nitrogens with one attached hydrogen (secondary N) is 1. The number of nitrogens with zero attached hydrogens (tertiary/aromatic N) is 2. The van der Waals surface area contributed by atoms with Gasteiger partial charge in [-0.05, 0) is 39.2 Å². The molecule has 2 aliphatic rings. The molecule has 2 heterocycles. The minimum absolute atomic E-state index is 0.0288. The average molecular weight is 406 g/mol. The van der Waals surface area contributed by atoms with Gasteiger partial charge in [-0.2, -0.15) is 0 Å². The van der Waals surface area contributed by atoms with E-state index in [0.717, 1.165) is 4.31 Å². The van der Waals surface area contributed by atoms with Crippen LogP contribution in [0.5, 0.6) is 0 Å². The molecule has 0 atom stereocenters. The Labute approximate surface area is 166 Å². The highest BCUT2D eigenvalue weighted by Gasteiger charge is 2.49. The Kier molecular flexibility index (Phi) is 5.27. The zero-order chi connectivity index (χ0) is 20.7. The lowest BCUT2D eigenvalue weighted by molar-refractivity contribution is -0.130. The molecule has 0 unspecified atom stereocenters. The molecule has 1 N–H and O–H groups in total. The van der Waals surface area contributed by atoms with Gasteiger partial charge in [0.25, 0.3) is 15.9 Å². The molecule has 1 aromatic rings.